The first-order valence-corrected chi connectivity index (χ1v) is 5.37. The maximum absolute atomic E-state index is 5.93. The van der Waals surface area contributed by atoms with E-state index in [9.17, 15) is 0 Å². The Hall–Kier alpha value is -1.13. The van der Waals surface area contributed by atoms with Gasteiger partial charge in [0.05, 0.1) is 25.0 Å². The zero-order valence-corrected chi connectivity index (χ0v) is 10.4. The third-order valence-electron chi connectivity index (χ3n) is 2.58. The van der Waals surface area contributed by atoms with E-state index < -0.39 is 0 Å². The van der Waals surface area contributed by atoms with Gasteiger partial charge in [0.1, 0.15) is 0 Å². The molecule has 1 atom stereocenters. The number of ether oxygens (including phenoxy) is 2. The summed E-state index contributed by atoms with van der Waals surface area (Å²) in [7, 11) is 1.66. The number of pyridine rings is 1. The monoisotopic (exact) mass is 224 g/mol. The van der Waals surface area contributed by atoms with Gasteiger partial charge in [-0.1, -0.05) is 0 Å². The largest absolute Gasteiger partial charge is 0.398 e. The molecule has 0 fully saturated rings. The summed E-state index contributed by atoms with van der Waals surface area (Å²) in [6.45, 7) is 6.94. The lowest BCUT2D eigenvalue weighted by molar-refractivity contribution is -0.00153. The SMILES string of the molecule is COCC(C)OCc1ncc(C)c(N)c1C. The van der Waals surface area contributed by atoms with Gasteiger partial charge in [-0.15, -0.1) is 0 Å². The Morgan fingerprint density at radius 1 is 1.44 bits per heavy atom. The summed E-state index contributed by atoms with van der Waals surface area (Å²) >= 11 is 0. The Labute approximate surface area is 96.8 Å². The molecule has 0 radical (unpaired) electrons. The molecule has 1 unspecified atom stereocenters. The van der Waals surface area contributed by atoms with E-state index in [1.54, 1.807) is 13.3 Å². The van der Waals surface area contributed by atoms with Crippen molar-refractivity contribution in [2.24, 2.45) is 0 Å². The number of nitrogens with two attached hydrogens (primary N) is 1. The summed E-state index contributed by atoms with van der Waals surface area (Å²) in [5, 5.41) is 0. The summed E-state index contributed by atoms with van der Waals surface area (Å²) in [6.07, 6.45) is 1.84. The Balaban J connectivity index is 2.64. The van der Waals surface area contributed by atoms with Crippen LogP contribution in [0.5, 0.6) is 0 Å². The van der Waals surface area contributed by atoms with Crippen molar-refractivity contribution in [3.63, 3.8) is 0 Å². The number of rotatable bonds is 5. The van der Waals surface area contributed by atoms with E-state index in [0.29, 0.717) is 13.2 Å². The highest BCUT2D eigenvalue weighted by molar-refractivity contribution is 5.53. The smallest absolute Gasteiger partial charge is 0.0896 e. The molecule has 1 heterocycles. The first-order chi connectivity index (χ1) is 7.56. The van der Waals surface area contributed by atoms with Crippen LogP contribution in [-0.2, 0) is 16.1 Å². The number of nitrogen functional groups attached to an aromatic ring is 1. The van der Waals surface area contributed by atoms with Crippen molar-refractivity contribution in [2.45, 2.75) is 33.5 Å². The average Bonchev–Trinajstić information content (AvgIpc) is 2.25. The van der Waals surface area contributed by atoms with Gasteiger partial charge in [-0.2, -0.15) is 0 Å². The Kier molecular flexibility index (Phi) is 4.71. The van der Waals surface area contributed by atoms with Gasteiger partial charge in [-0.25, -0.2) is 0 Å². The minimum atomic E-state index is 0.0636. The number of anilines is 1. The van der Waals surface area contributed by atoms with Crippen molar-refractivity contribution in [3.8, 4) is 0 Å². The minimum absolute atomic E-state index is 0.0636. The topological polar surface area (TPSA) is 57.4 Å². The second kappa shape index (κ2) is 5.82. The van der Waals surface area contributed by atoms with E-state index in [2.05, 4.69) is 4.98 Å². The van der Waals surface area contributed by atoms with Crippen molar-refractivity contribution < 1.29 is 9.47 Å². The molecule has 0 bridgehead atoms. The van der Waals surface area contributed by atoms with Gasteiger partial charge in [-0.3, -0.25) is 4.98 Å². The van der Waals surface area contributed by atoms with Crippen molar-refractivity contribution in [1.82, 2.24) is 4.98 Å². The van der Waals surface area contributed by atoms with Crippen LogP contribution in [0.4, 0.5) is 5.69 Å². The molecule has 1 aromatic rings. The summed E-state index contributed by atoms with van der Waals surface area (Å²) < 4.78 is 10.6. The van der Waals surface area contributed by atoms with Crippen molar-refractivity contribution >= 4 is 5.69 Å². The first kappa shape index (κ1) is 12.9. The Morgan fingerprint density at radius 2 is 2.12 bits per heavy atom. The van der Waals surface area contributed by atoms with Gasteiger partial charge in [0.15, 0.2) is 0 Å². The fourth-order valence-corrected chi connectivity index (χ4v) is 1.44. The molecule has 0 aliphatic rings. The predicted molar refractivity (Wildman–Crippen MR) is 64.3 cm³/mol. The number of hydrogen-bond acceptors (Lipinski definition) is 4. The van der Waals surface area contributed by atoms with Crippen LogP contribution < -0.4 is 5.73 Å². The Bertz CT molecular complexity index is 353. The van der Waals surface area contributed by atoms with Crippen LogP contribution in [0.15, 0.2) is 6.20 Å². The quantitative estimate of drug-likeness (QED) is 0.829. The molecule has 1 aromatic heterocycles. The second-order valence-corrected chi connectivity index (χ2v) is 4.00. The standard InChI is InChI=1S/C12H20N2O2/c1-8-5-14-11(10(3)12(8)13)7-16-9(2)6-15-4/h5,9H,6-7H2,1-4H3,(H2,13,14). The zero-order valence-electron chi connectivity index (χ0n) is 10.4. The molecule has 0 amide bonds. The summed E-state index contributed by atoms with van der Waals surface area (Å²) in [4.78, 5) is 4.32. The van der Waals surface area contributed by atoms with Crippen LogP contribution in [0.1, 0.15) is 23.7 Å². The number of hydrogen-bond donors (Lipinski definition) is 1. The van der Waals surface area contributed by atoms with Crippen LogP contribution in [0.25, 0.3) is 0 Å². The van der Waals surface area contributed by atoms with Crippen LogP contribution in [0, 0.1) is 13.8 Å². The van der Waals surface area contributed by atoms with E-state index >= 15 is 0 Å². The highest BCUT2D eigenvalue weighted by Crippen LogP contribution is 2.18. The maximum Gasteiger partial charge on any atom is 0.0896 e. The molecule has 0 saturated heterocycles. The van der Waals surface area contributed by atoms with Gasteiger partial charge in [0, 0.05) is 19.0 Å². The molecule has 2 N–H and O–H groups in total. The molecule has 4 heteroatoms. The highest BCUT2D eigenvalue weighted by atomic mass is 16.5. The van der Waals surface area contributed by atoms with Crippen LogP contribution >= 0.6 is 0 Å². The van der Waals surface area contributed by atoms with E-state index in [-0.39, 0.29) is 6.10 Å². The average molecular weight is 224 g/mol. The molecule has 0 aliphatic carbocycles. The second-order valence-electron chi connectivity index (χ2n) is 4.00. The lowest BCUT2D eigenvalue weighted by Gasteiger charge is -2.14. The van der Waals surface area contributed by atoms with Crippen LogP contribution in [0.3, 0.4) is 0 Å². The van der Waals surface area contributed by atoms with Crippen molar-refractivity contribution in [2.75, 3.05) is 19.5 Å². The van der Waals surface area contributed by atoms with E-state index in [1.165, 1.54) is 0 Å². The third kappa shape index (κ3) is 3.18. The number of aromatic nitrogens is 1. The zero-order chi connectivity index (χ0) is 12.1. The summed E-state index contributed by atoms with van der Waals surface area (Å²) in [5.41, 5.74) is 9.63. The minimum Gasteiger partial charge on any atom is -0.398 e. The van der Waals surface area contributed by atoms with Crippen molar-refractivity contribution in [3.05, 3.63) is 23.0 Å². The van der Waals surface area contributed by atoms with Gasteiger partial charge >= 0.3 is 0 Å². The van der Waals surface area contributed by atoms with E-state index in [0.717, 1.165) is 22.5 Å². The molecular formula is C12H20N2O2. The molecule has 1 rings (SSSR count). The molecule has 0 aromatic carbocycles. The highest BCUT2D eigenvalue weighted by Gasteiger charge is 2.08. The van der Waals surface area contributed by atoms with Gasteiger partial charge < -0.3 is 15.2 Å². The molecule has 0 aliphatic heterocycles. The van der Waals surface area contributed by atoms with Crippen LogP contribution in [0.2, 0.25) is 0 Å². The predicted octanol–water partition coefficient (Wildman–Crippen LogP) is 1.83. The first-order valence-electron chi connectivity index (χ1n) is 5.37. The van der Waals surface area contributed by atoms with Gasteiger partial charge in [-0.05, 0) is 31.9 Å². The van der Waals surface area contributed by atoms with Crippen molar-refractivity contribution in [1.29, 1.82) is 0 Å². The molecule has 0 spiro atoms. The Morgan fingerprint density at radius 3 is 2.75 bits per heavy atom. The lowest BCUT2D eigenvalue weighted by atomic mass is 10.1. The fraction of sp³-hybridized carbons (Fsp3) is 0.583. The van der Waals surface area contributed by atoms with E-state index in [4.69, 9.17) is 15.2 Å². The number of nitrogens with zero attached hydrogens (tertiary/aromatic N) is 1. The van der Waals surface area contributed by atoms with E-state index in [1.807, 2.05) is 20.8 Å². The maximum atomic E-state index is 5.93. The van der Waals surface area contributed by atoms with Crippen LogP contribution in [-0.4, -0.2) is 24.8 Å². The fourth-order valence-electron chi connectivity index (χ4n) is 1.44. The summed E-state index contributed by atoms with van der Waals surface area (Å²) in [5.74, 6) is 0. The normalized spacial score (nSPS) is 12.8. The molecule has 0 saturated carbocycles. The lowest BCUT2D eigenvalue weighted by Crippen LogP contribution is -2.15. The van der Waals surface area contributed by atoms with Gasteiger partial charge in [0.2, 0.25) is 0 Å². The molecule has 4 nitrogen and oxygen atoms in total. The summed E-state index contributed by atoms with van der Waals surface area (Å²) in [6, 6.07) is 0. The van der Waals surface area contributed by atoms with Gasteiger partial charge in [0.25, 0.3) is 0 Å². The third-order valence-corrected chi connectivity index (χ3v) is 2.58. The molecular weight excluding hydrogens is 204 g/mol. The number of methoxy groups -OCH3 is 1. The molecule has 16 heavy (non-hydrogen) atoms. The number of aryl methyl sites for hydroxylation is 1. The molecule has 90 valence electrons.